The van der Waals surface area contributed by atoms with Crippen molar-refractivity contribution >= 4 is 38.9 Å². The molecule has 2 rings (SSSR count). The van der Waals surface area contributed by atoms with Crippen LogP contribution in [0.4, 0.5) is 15.8 Å². The molecule has 0 heterocycles. The Balaban J connectivity index is 2.15. The molecule has 0 saturated carbocycles. The molecule has 1 N–H and O–H groups in total. The van der Waals surface area contributed by atoms with Gasteiger partial charge in [0.15, 0.2) is 0 Å². The van der Waals surface area contributed by atoms with E-state index in [1.807, 2.05) is 0 Å². The minimum Gasteiger partial charge on any atom is -0.324 e. The quantitative estimate of drug-likeness (QED) is 0.827. The van der Waals surface area contributed by atoms with Gasteiger partial charge in [0.2, 0.25) is 15.9 Å². The Kier molecular flexibility index (Phi) is 6.02. The molecule has 2 aromatic carbocycles. The van der Waals surface area contributed by atoms with Crippen LogP contribution in [0.1, 0.15) is 12.0 Å². The summed E-state index contributed by atoms with van der Waals surface area (Å²) in [5.41, 5.74) is 1.06. The summed E-state index contributed by atoms with van der Waals surface area (Å²) in [5, 5.41) is 2.87. The van der Waals surface area contributed by atoms with E-state index in [2.05, 4.69) is 5.32 Å². The van der Waals surface area contributed by atoms with Gasteiger partial charge in [-0.25, -0.2) is 12.8 Å². The molecule has 25 heavy (non-hydrogen) atoms. The normalized spacial score (nSPS) is 11.2. The molecule has 0 unspecified atom stereocenters. The zero-order valence-corrected chi connectivity index (χ0v) is 15.4. The highest BCUT2D eigenvalue weighted by Crippen LogP contribution is 2.28. The third-order valence-electron chi connectivity index (χ3n) is 3.60. The molecule has 0 aliphatic heterocycles. The Bertz CT molecular complexity index is 887. The minimum absolute atomic E-state index is 0.0531. The van der Waals surface area contributed by atoms with Gasteiger partial charge in [-0.1, -0.05) is 29.8 Å². The third kappa shape index (κ3) is 4.93. The molecule has 0 aliphatic rings. The van der Waals surface area contributed by atoms with Gasteiger partial charge in [-0.05, 0) is 36.8 Å². The van der Waals surface area contributed by atoms with Gasteiger partial charge in [-0.15, -0.1) is 0 Å². The monoisotopic (exact) mass is 384 g/mol. The van der Waals surface area contributed by atoms with E-state index >= 15 is 0 Å². The molecule has 0 atom stereocenters. The Labute approximate surface area is 151 Å². The summed E-state index contributed by atoms with van der Waals surface area (Å²) in [7, 11) is -3.61. The van der Waals surface area contributed by atoms with Crippen molar-refractivity contribution in [1.82, 2.24) is 0 Å². The lowest BCUT2D eigenvalue weighted by Gasteiger charge is -2.24. The summed E-state index contributed by atoms with van der Waals surface area (Å²) in [6.45, 7) is 1.62. The van der Waals surface area contributed by atoms with Crippen molar-refractivity contribution in [3.63, 3.8) is 0 Å². The number of carbonyl (C=O) groups is 1. The summed E-state index contributed by atoms with van der Waals surface area (Å²) in [6, 6.07) is 10.7. The third-order valence-corrected chi connectivity index (χ3v) is 5.19. The first-order chi connectivity index (χ1) is 11.7. The highest BCUT2D eigenvalue weighted by molar-refractivity contribution is 7.92. The zero-order valence-electron chi connectivity index (χ0n) is 13.8. The number of sulfonamides is 1. The van der Waals surface area contributed by atoms with Gasteiger partial charge in [0.05, 0.1) is 17.6 Å². The zero-order chi connectivity index (χ0) is 18.6. The summed E-state index contributed by atoms with van der Waals surface area (Å²) in [6.07, 6.45) is 0.926. The standard InChI is InChI=1S/C17H18ClFN2O3S/c1-12-13(18)6-5-9-16(12)21(25(2,23)24)11-10-17(22)20-15-8-4-3-7-14(15)19/h3-9H,10-11H2,1-2H3,(H,20,22). The highest BCUT2D eigenvalue weighted by Gasteiger charge is 2.21. The Morgan fingerprint density at radius 2 is 1.88 bits per heavy atom. The fourth-order valence-electron chi connectivity index (χ4n) is 2.31. The number of rotatable bonds is 6. The molecule has 0 fully saturated rings. The Morgan fingerprint density at radius 3 is 2.52 bits per heavy atom. The number of benzene rings is 2. The van der Waals surface area contributed by atoms with Gasteiger partial charge in [-0.2, -0.15) is 0 Å². The van der Waals surface area contributed by atoms with E-state index in [9.17, 15) is 17.6 Å². The van der Waals surface area contributed by atoms with Gasteiger partial charge < -0.3 is 5.32 Å². The number of nitrogens with one attached hydrogen (secondary N) is 1. The van der Waals surface area contributed by atoms with Gasteiger partial charge in [0.25, 0.3) is 0 Å². The van der Waals surface area contributed by atoms with Gasteiger partial charge in [0, 0.05) is 18.0 Å². The van der Waals surface area contributed by atoms with Crippen molar-refractivity contribution in [2.75, 3.05) is 22.4 Å². The molecule has 2 aromatic rings. The van der Waals surface area contributed by atoms with Crippen LogP contribution in [-0.4, -0.2) is 27.1 Å². The van der Waals surface area contributed by atoms with Crippen LogP contribution in [0, 0.1) is 12.7 Å². The van der Waals surface area contributed by atoms with Crippen LogP contribution in [0.25, 0.3) is 0 Å². The number of hydrogen-bond donors (Lipinski definition) is 1. The van der Waals surface area contributed by atoms with Crippen molar-refractivity contribution < 1.29 is 17.6 Å². The van der Waals surface area contributed by atoms with Gasteiger partial charge in [-0.3, -0.25) is 9.10 Å². The van der Waals surface area contributed by atoms with Crippen LogP contribution in [0.3, 0.4) is 0 Å². The maximum Gasteiger partial charge on any atom is 0.232 e. The summed E-state index contributed by atoms with van der Waals surface area (Å²) in [4.78, 5) is 12.1. The van der Waals surface area contributed by atoms with E-state index in [1.165, 1.54) is 18.2 Å². The molecule has 0 saturated heterocycles. The van der Waals surface area contributed by atoms with Crippen LogP contribution in [-0.2, 0) is 14.8 Å². The topological polar surface area (TPSA) is 66.5 Å². The van der Waals surface area contributed by atoms with E-state index in [0.717, 1.165) is 10.6 Å². The first kappa shape index (κ1) is 19.2. The summed E-state index contributed by atoms with van der Waals surface area (Å²) >= 11 is 6.05. The smallest absolute Gasteiger partial charge is 0.232 e. The number of anilines is 2. The SMILES string of the molecule is Cc1c(Cl)cccc1N(CCC(=O)Nc1ccccc1F)S(C)(=O)=O. The van der Waals surface area contributed by atoms with Crippen molar-refractivity contribution in [1.29, 1.82) is 0 Å². The second-order valence-electron chi connectivity index (χ2n) is 5.50. The molecule has 0 aromatic heterocycles. The second-order valence-corrected chi connectivity index (χ2v) is 7.81. The van der Waals surface area contributed by atoms with E-state index in [0.29, 0.717) is 16.3 Å². The molecule has 0 aliphatic carbocycles. The van der Waals surface area contributed by atoms with Crippen molar-refractivity contribution in [3.8, 4) is 0 Å². The Hall–Kier alpha value is -2.12. The Morgan fingerprint density at radius 1 is 1.20 bits per heavy atom. The molecule has 5 nitrogen and oxygen atoms in total. The molecular weight excluding hydrogens is 367 g/mol. The minimum atomic E-state index is -3.61. The average molecular weight is 385 g/mol. The second kappa shape index (κ2) is 7.84. The largest absolute Gasteiger partial charge is 0.324 e. The molecule has 8 heteroatoms. The van der Waals surface area contributed by atoms with Gasteiger partial charge >= 0.3 is 0 Å². The van der Waals surface area contributed by atoms with E-state index in [4.69, 9.17) is 11.6 Å². The van der Waals surface area contributed by atoms with Crippen molar-refractivity contribution in [3.05, 3.63) is 58.9 Å². The average Bonchev–Trinajstić information content (AvgIpc) is 2.52. The number of carbonyl (C=O) groups excluding carboxylic acids is 1. The van der Waals surface area contributed by atoms with Gasteiger partial charge in [0.1, 0.15) is 5.82 Å². The summed E-state index contributed by atoms with van der Waals surface area (Å²) < 4.78 is 38.9. The first-order valence-corrected chi connectivity index (χ1v) is 9.70. The predicted molar refractivity (Wildman–Crippen MR) is 98.0 cm³/mol. The molecule has 0 bridgehead atoms. The predicted octanol–water partition coefficient (Wildman–Crippen LogP) is 3.58. The lowest BCUT2D eigenvalue weighted by molar-refractivity contribution is -0.116. The highest BCUT2D eigenvalue weighted by atomic mass is 35.5. The molecule has 1 amide bonds. The fraction of sp³-hybridized carbons (Fsp3) is 0.235. The van der Waals surface area contributed by atoms with Crippen LogP contribution in [0.2, 0.25) is 5.02 Å². The maximum absolute atomic E-state index is 13.6. The number of halogens is 2. The number of nitrogens with zero attached hydrogens (tertiary/aromatic N) is 1. The van der Waals surface area contributed by atoms with Crippen molar-refractivity contribution in [2.24, 2.45) is 0 Å². The summed E-state index contributed by atoms with van der Waals surface area (Å²) in [5.74, 6) is -1.04. The van der Waals surface area contributed by atoms with E-state index in [-0.39, 0.29) is 18.7 Å². The van der Waals surface area contributed by atoms with Crippen molar-refractivity contribution in [2.45, 2.75) is 13.3 Å². The number of para-hydroxylation sites is 1. The maximum atomic E-state index is 13.6. The fourth-order valence-corrected chi connectivity index (χ4v) is 3.46. The molecule has 134 valence electrons. The molecule has 0 spiro atoms. The first-order valence-electron chi connectivity index (χ1n) is 7.47. The lowest BCUT2D eigenvalue weighted by Crippen LogP contribution is -2.33. The van der Waals surface area contributed by atoms with E-state index in [1.54, 1.807) is 31.2 Å². The van der Waals surface area contributed by atoms with Crippen LogP contribution in [0.15, 0.2) is 42.5 Å². The van der Waals surface area contributed by atoms with Crippen LogP contribution < -0.4 is 9.62 Å². The van der Waals surface area contributed by atoms with E-state index < -0.39 is 21.7 Å². The van der Waals surface area contributed by atoms with Crippen LogP contribution in [0.5, 0.6) is 0 Å². The number of amides is 1. The molecular formula is C17H18ClFN2O3S. The molecule has 0 radical (unpaired) electrons. The lowest BCUT2D eigenvalue weighted by atomic mass is 10.2. The van der Waals surface area contributed by atoms with Crippen LogP contribution >= 0.6 is 11.6 Å². The number of hydrogen-bond acceptors (Lipinski definition) is 3.